The molecule has 0 aromatic carbocycles. The summed E-state index contributed by atoms with van der Waals surface area (Å²) in [6.45, 7) is -0.207. The largest absolute Gasteiger partial charge is 1.00 e. The first kappa shape index (κ1) is 17.3. The third kappa shape index (κ3) is 2.84. The van der Waals surface area contributed by atoms with Crippen LogP contribution in [0.25, 0.3) is 11.2 Å². The van der Waals surface area contributed by atoms with Gasteiger partial charge in [0.05, 0.1) is 18.6 Å². The Kier molecular flexibility index (Phi) is 4.56. The number of pyridine rings is 1. The number of aromatic nitrogens is 3. The van der Waals surface area contributed by atoms with Crippen molar-refractivity contribution in [1.29, 1.82) is 0 Å². The van der Waals surface area contributed by atoms with Gasteiger partial charge in [-0.15, -0.1) is 0 Å². The van der Waals surface area contributed by atoms with Crippen LogP contribution in [0, 0.1) is 0 Å². The molecule has 3 N–H and O–H groups in total. The zero-order valence-corrected chi connectivity index (χ0v) is 15.0. The first-order valence-corrected chi connectivity index (χ1v) is 7.97. The zero-order chi connectivity index (χ0) is 15.5. The molecule has 0 radical (unpaired) electrons. The number of rotatable bonds is 1. The van der Waals surface area contributed by atoms with Crippen LogP contribution in [-0.4, -0.2) is 44.6 Å². The second-order valence-electron chi connectivity index (χ2n) is 5.09. The first-order chi connectivity index (χ1) is 10.5. The van der Waals surface area contributed by atoms with Gasteiger partial charge in [-0.3, -0.25) is 9.13 Å². The zero-order valence-electron chi connectivity index (χ0n) is 12.1. The molecule has 23 heavy (non-hydrogen) atoms. The van der Waals surface area contributed by atoms with E-state index in [9.17, 15) is 14.6 Å². The molecule has 0 aliphatic carbocycles. The molecule has 10 nitrogen and oxygen atoms in total. The summed E-state index contributed by atoms with van der Waals surface area (Å²) in [7, 11) is -4.40. The third-order valence-corrected chi connectivity index (χ3v) is 4.69. The van der Waals surface area contributed by atoms with Crippen molar-refractivity contribution < 1.29 is 57.9 Å². The van der Waals surface area contributed by atoms with Crippen molar-refractivity contribution in [2.75, 3.05) is 12.3 Å². The number of aliphatic hydroxyl groups excluding tert-OH is 1. The Balaban J connectivity index is 0.00000156. The van der Waals surface area contributed by atoms with Gasteiger partial charge in [-0.2, -0.15) is 0 Å². The fourth-order valence-electron chi connectivity index (χ4n) is 2.70. The van der Waals surface area contributed by atoms with Gasteiger partial charge < -0.3 is 29.5 Å². The minimum absolute atomic E-state index is 0. The van der Waals surface area contributed by atoms with Gasteiger partial charge in [-0.25, -0.2) is 9.97 Å². The van der Waals surface area contributed by atoms with Crippen LogP contribution in [0.2, 0.25) is 0 Å². The van der Waals surface area contributed by atoms with Crippen LogP contribution in [0.15, 0.2) is 18.6 Å². The van der Waals surface area contributed by atoms with E-state index in [0.29, 0.717) is 16.9 Å². The number of fused-ring (bicyclic) bond motifs is 2. The number of phosphoric ester groups is 1. The minimum atomic E-state index is -4.40. The summed E-state index contributed by atoms with van der Waals surface area (Å²) < 4.78 is 27.9. The number of nitrogen functional groups attached to an aromatic ring is 1. The van der Waals surface area contributed by atoms with Crippen molar-refractivity contribution in [1.82, 2.24) is 14.5 Å². The van der Waals surface area contributed by atoms with E-state index in [1.54, 1.807) is 6.07 Å². The number of nitrogens with two attached hydrogens (primary N) is 1. The van der Waals surface area contributed by atoms with Gasteiger partial charge in [0.15, 0.2) is 11.9 Å². The molecule has 2 aromatic rings. The predicted molar refractivity (Wildman–Crippen MR) is 70.3 cm³/mol. The second kappa shape index (κ2) is 6.07. The van der Waals surface area contributed by atoms with Gasteiger partial charge in [0.25, 0.3) is 7.82 Å². The van der Waals surface area contributed by atoms with Crippen LogP contribution < -0.4 is 40.2 Å². The minimum Gasteiger partial charge on any atom is -0.756 e. The molecule has 0 saturated carbocycles. The van der Waals surface area contributed by atoms with Crippen molar-refractivity contribution in [3.8, 4) is 0 Å². The monoisotopic (exact) mass is 350 g/mol. The van der Waals surface area contributed by atoms with E-state index >= 15 is 0 Å². The van der Waals surface area contributed by atoms with Gasteiger partial charge in [0.2, 0.25) is 0 Å². The number of ether oxygens (including phenoxy) is 1. The summed E-state index contributed by atoms with van der Waals surface area (Å²) >= 11 is 0. The topological polar surface area (TPSA) is 145 Å². The first-order valence-electron chi connectivity index (χ1n) is 6.51. The molecule has 2 aliphatic heterocycles. The Hall–Kier alpha value is -0.550. The van der Waals surface area contributed by atoms with Crippen LogP contribution in [0.1, 0.15) is 6.23 Å². The standard InChI is InChI=1S/C11H13N4O6P.Na/c12-5-1-2-13-10-7(5)14-4-15(10)11-8(16)9-6(20-11)3-19-22(17,18)21-9;/h1-2,4,6,8-9,11,16H,3H2,(H2,12,13)(H,17,18);/q;+1/p-1/t6-,8-,9-,11-;/m1./s1. The molecular formula is C11H12N4NaO6P. The molecule has 5 atom stereocenters. The predicted octanol–water partition coefficient (Wildman–Crippen LogP) is -3.84. The quantitative estimate of drug-likeness (QED) is 0.390. The summed E-state index contributed by atoms with van der Waals surface area (Å²) in [4.78, 5) is 19.7. The Morgan fingerprint density at radius 2 is 2.26 bits per heavy atom. The molecule has 4 rings (SSSR count). The van der Waals surface area contributed by atoms with E-state index < -0.39 is 32.4 Å². The number of hydrogen-bond acceptors (Lipinski definition) is 9. The number of phosphoric acid groups is 1. The molecule has 4 heterocycles. The van der Waals surface area contributed by atoms with Crippen LogP contribution in [0.4, 0.5) is 5.69 Å². The molecule has 2 aromatic heterocycles. The summed E-state index contributed by atoms with van der Waals surface area (Å²) in [5.41, 5.74) is 7.15. The van der Waals surface area contributed by atoms with Crippen LogP contribution in [-0.2, 0) is 18.3 Å². The molecule has 0 bridgehead atoms. The Labute approximate surface area is 152 Å². The maximum Gasteiger partial charge on any atom is 1.00 e. The summed E-state index contributed by atoms with van der Waals surface area (Å²) in [6.07, 6.45) is -0.894. The molecule has 12 heteroatoms. The van der Waals surface area contributed by atoms with Gasteiger partial charge >= 0.3 is 29.6 Å². The normalized spacial score (nSPS) is 36.6. The van der Waals surface area contributed by atoms with Crippen LogP contribution >= 0.6 is 7.82 Å². The Bertz CT molecular complexity index is 787. The molecule has 0 amide bonds. The fraction of sp³-hybridized carbons (Fsp3) is 0.455. The molecule has 1 unspecified atom stereocenters. The van der Waals surface area contributed by atoms with E-state index in [4.69, 9.17) is 15.0 Å². The molecule has 2 saturated heterocycles. The summed E-state index contributed by atoms with van der Waals surface area (Å²) in [5.74, 6) is 0. The van der Waals surface area contributed by atoms with Gasteiger partial charge in [-0.1, -0.05) is 0 Å². The van der Waals surface area contributed by atoms with Crippen molar-refractivity contribution in [2.45, 2.75) is 24.5 Å². The van der Waals surface area contributed by atoms with Crippen molar-refractivity contribution in [2.24, 2.45) is 0 Å². The number of nitrogens with zero attached hydrogens (tertiary/aromatic N) is 3. The summed E-state index contributed by atoms with van der Waals surface area (Å²) in [5, 5.41) is 10.3. The van der Waals surface area contributed by atoms with E-state index in [0.717, 1.165) is 0 Å². The van der Waals surface area contributed by atoms with Crippen molar-refractivity contribution in [3.63, 3.8) is 0 Å². The average Bonchev–Trinajstić information content (AvgIpc) is 3.01. The molecule has 0 spiro atoms. The van der Waals surface area contributed by atoms with Gasteiger partial charge in [-0.05, 0) is 6.07 Å². The van der Waals surface area contributed by atoms with Crippen LogP contribution in [0.3, 0.4) is 0 Å². The Morgan fingerprint density at radius 3 is 3.04 bits per heavy atom. The average molecular weight is 350 g/mol. The number of aliphatic hydroxyl groups is 1. The smallest absolute Gasteiger partial charge is 0.756 e. The molecule has 118 valence electrons. The maximum absolute atomic E-state index is 11.4. The van der Waals surface area contributed by atoms with E-state index in [1.807, 2.05) is 0 Å². The van der Waals surface area contributed by atoms with E-state index in [-0.39, 0.29) is 36.2 Å². The second-order valence-corrected chi connectivity index (χ2v) is 6.46. The summed E-state index contributed by atoms with van der Waals surface area (Å²) in [6, 6.07) is 1.61. The number of hydrogen-bond donors (Lipinski definition) is 2. The molecule has 2 aliphatic rings. The van der Waals surface area contributed by atoms with Crippen molar-refractivity contribution in [3.05, 3.63) is 18.6 Å². The number of anilines is 1. The van der Waals surface area contributed by atoms with E-state index in [1.165, 1.54) is 17.1 Å². The van der Waals surface area contributed by atoms with Gasteiger partial charge in [0.1, 0.15) is 23.8 Å². The van der Waals surface area contributed by atoms with Gasteiger partial charge in [0, 0.05) is 6.20 Å². The SMILES string of the molecule is Nc1ccnc2c1ncn2[C@@H]1O[C@@H]2COP(=O)([O-])O[C@H]2[C@H]1O.[Na+]. The Morgan fingerprint density at radius 1 is 1.48 bits per heavy atom. The maximum atomic E-state index is 11.4. The fourth-order valence-corrected chi connectivity index (χ4v) is 3.65. The van der Waals surface area contributed by atoms with Crippen molar-refractivity contribution >= 4 is 24.7 Å². The number of imidazole rings is 1. The molecule has 2 fully saturated rings. The third-order valence-electron chi connectivity index (χ3n) is 3.72. The van der Waals surface area contributed by atoms with Crippen LogP contribution in [0.5, 0.6) is 0 Å². The van der Waals surface area contributed by atoms with E-state index in [2.05, 4.69) is 14.5 Å². The molecular weight excluding hydrogens is 338 g/mol.